The fourth-order valence-electron chi connectivity index (χ4n) is 6.30. The number of aromatic nitrogens is 4. The molecule has 1 aliphatic carbocycles. The summed E-state index contributed by atoms with van der Waals surface area (Å²) in [7, 11) is 5.16. The number of amides is 1. The van der Waals surface area contributed by atoms with Crippen LogP contribution in [0.15, 0.2) is 60.9 Å². The average molecular weight is 619 g/mol. The van der Waals surface area contributed by atoms with Crippen LogP contribution in [0.3, 0.4) is 0 Å². The van der Waals surface area contributed by atoms with E-state index in [4.69, 9.17) is 19.2 Å². The quantitative estimate of drug-likeness (QED) is 0.186. The Bertz CT molecular complexity index is 1930. The second-order valence-corrected chi connectivity index (χ2v) is 12.1. The molecule has 1 amide bonds. The smallest absolute Gasteiger partial charge is 0.260 e. The summed E-state index contributed by atoms with van der Waals surface area (Å²) >= 11 is 0. The average Bonchev–Trinajstić information content (AvgIpc) is 3.77. The lowest BCUT2D eigenvalue weighted by Crippen LogP contribution is -2.31. The number of fused-ring (bicyclic) bond motifs is 3. The van der Waals surface area contributed by atoms with Crippen LogP contribution in [0.25, 0.3) is 10.9 Å². The van der Waals surface area contributed by atoms with Gasteiger partial charge in [-0.1, -0.05) is 12.1 Å². The zero-order chi connectivity index (χ0) is 31.9. The SMILES string of the molecule is COc1ccc(CNc2nc3cc(CN(C(=O)c4ccc(C5CC5)nc4)c4cn(C)nc4C)ccc3c3c2C(C)OC3)c(OC)c1. The summed E-state index contributed by atoms with van der Waals surface area (Å²) in [6.45, 7) is 5.35. The van der Waals surface area contributed by atoms with Crippen LogP contribution < -0.4 is 19.7 Å². The molecule has 5 aromatic rings. The summed E-state index contributed by atoms with van der Waals surface area (Å²) in [5, 5.41) is 9.13. The van der Waals surface area contributed by atoms with Crippen molar-refractivity contribution in [3.63, 3.8) is 0 Å². The zero-order valence-corrected chi connectivity index (χ0v) is 26.8. The topological polar surface area (TPSA) is 104 Å². The molecular weight excluding hydrogens is 580 g/mol. The number of nitrogens with zero attached hydrogens (tertiary/aromatic N) is 5. The number of benzene rings is 2. The molecule has 1 atom stereocenters. The highest BCUT2D eigenvalue weighted by molar-refractivity contribution is 6.06. The van der Waals surface area contributed by atoms with Crippen molar-refractivity contribution in [2.24, 2.45) is 7.05 Å². The van der Waals surface area contributed by atoms with Crippen molar-refractivity contribution >= 4 is 28.3 Å². The van der Waals surface area contributed by atoms with Gasteiger partial charge in [0.25, 0.3) is 5.91 Å². The van der Waals surface area contributed by atoms with Gasteiger partial charge in [-0.2, -0.15) is 5.10 Å². The van der Waals surface area contributed by atoms with Crippen LogP contribution in [0, 0.1) is 6.92 Å². The normalized spacial score (nSPS) is 15.5. The zero-order valence-electron chi connectivity index (χ0n) is 26.8. The van der Waals surface area contributed by atoms with Crippen molar-refractivity contribution in [1.29, 1.82) is 0 Å². The van der Waals surface area contributed by atoms with Crippen LogP contribution in [-0.4, -0.2) is 39.9 Å². The summed E-state index contributed by atoms with van der Waals surface area (Å²) in [5.41, 5.74) is 8.12. The Kier molecular flexibility index (Phi) is 7.82. The van der Waals surface area contributed by atoms with Gasteiger partial charge in [0.05, 0.1) is 55.9 Å². The minimum absolute atomic E-state index is 0.0894. The largest absolute Gasteiger partial charge is 0.497 e. The molecule has 2 aromatic carbocycles. The summed E-state index contributed by atoms with van der Waals surface area (Å²) in [4.78, 5) is 25.5. The van der Waals surface area contributed by atoms with Crippen LogP contribution in [0.5, 0.6) is 11.5 Å². The van der Waals surface area contributed by atoms with E-state index in [1.165, 1.54) is 12.8 Å². The number of ether oxygens (including phenoxy) is 3. The molecule has 2 aliphatic rings. The van der Waals surface area contributed by atoms with Gasteiger partial charge in [0.1, 0.15) is 17.3 Å². The molecule has 0 radical (unpaired) electrons. The summed E-state index contributed by atoms with van der Waals surface area (Å²) in [5.74, 6) is 2.66. The molecule has 1 N–H and O–H groups in total. The van der Waals surface area contributed by atoms with Gasteiger partial charge < -0.3 is 24.4 Å². The van der Waals surface area contributed by atoms with Crippen LogP contribution in [0.2, 0.25) is 0 Å². The van der Waals surface area contributed by atoms with Gasteiger partial charge in [-0.15, -0.1) is 0 Å². The Morgan fingerprint density at radius 1 is 1.11 bits per heavy atom. The van der Waals surface area contributed by atoms with Crippen LogP contribution >= 0.6 is 0 Å². The summed E-state index contributed by atoms with van der Waals surface area (Å²) < 4.78 is 18.8. The van der Waals surface area contributed by atoms with Crippen molar-refractivity contribution in [1.82, 2.24) is 19.7 Å². The minimum Gasteiger partial charge on any atom is -0.497 e. The fourth-order valence-corrected chi connectivity index (χ4v) is 6.30. The highest BCUT2D eigenvalue weighted by atomic mass is 16.5. The van der Waals surface area contributed by atoms with E-state index >= 15 is 0 Å². The first kappa shape index (κ1) is 29.7. The highest BCUT2D eigenvalue weighted by Crippen LogP contribution is 2.41. The molecule has 3 aromatic heterocycles. The Balaban J connectivity index is 1.22. The molecule has 10 nitrogen and oxygen atoms in total. The number of methoxy groups -OCH3 is 2. The molecule has 0 saturated heterocycles. The third kappa shape index (κ3) is 5.64. The molecule has 10 heteroatoms. The summed E-state index contributed by atoms with van der Waals surface area (Å²) in [6, 6.07) is 15.9. The van der Waals surface area contributed by atoms with E-state index in [1.54, 1.807) is 30.0 Å². The standard InChI is InChI=1S/C36H38N6O4/c1-21-32(19-41(3)40-21)42(36(43)26-10-13-30(37-17-26)24-7-8-24)18-23-6-12-28-29-20-46-22(2)34(29)35(39-31(28)14-23)38-16-25-9-11-27(44-4)15-33(25)45-5/h6,9-15,17,19,22,24H,7-8,16,18,20H2,1-5H3,(H,38,39). The van der Waals surface area contributed by atoms with Crippen molar-refractivity contribution in [3.05, 3.63) is 100 Å². The molecule has 46 heavy (non-hydrogen) atoms. The first-order valence-electron chi connectivity index (χ1n) is 15.6. The summed E-state index contributed by atoms with van der Waals surface area (Å²) in [6.07, 6.45) is 5.83. The second kappa shape index (κ2) is 12.1. The molecule has 1 saturated carbocycles. The predicted molar refractivity (Wildman–Crippen MR) is 176 cm³/mol. The van der Waals surface area contributed by atoms with Crippen molar-refractivity contribution in [2.75, 3.05) is 24.4 Å². The Labute approximate surface area is 268 Å². The van der Waals surface area contributed by atoms with E-state index in [2.05, 4.69) is 40.5 Å². The molecule has 7 rings (SSSR count). The number of nitrogens with one attached hydrogen (secondary N) is 1. The van der Waals surface area contributed by atoms with Crippen molar-refractivity contribution in [3.8, 4) is 11.5 Å². The lowest BCUT2D eigenvalue weighted by Gasteiger charge is -2.23. The molecule has 1 aliphatic heterocycles. The number of hydrogen-bond acceptors (Lipinski definition) is 8. The number of rotatable bonds is 10. The van der Waals surface area contributed by atoms with E-state index in [0.29, 0.717) is 31.2 Å². The van der Waals surface area contributed by atoms with Gasteiger partial charge in [0.2, 0.25) is 0 Å². The lowest BCUT2D eigenvalue weighted by molar-refractivity contribution is 0.0801. The van der Waals surface area contributed by atoms with Crippen LogP contribution in [0.1, 0.15) is 75.8 Å². The number of anilines is 2. The lowest BCUT2D eigenvalue weighted by atomic mass is 10.00. The fraction of sp³-hybridized carbons (Fsp3) is 0.333. The minimum atomic E-state index is -0.119. The van der Waals surface area contributed by atoms with Gasteiger partial charge in [-0.25, -0.2) is 4.98 Å². The monoisotopic (exact) mass is 618 g/mol. The number of pyridine rings is 2. The van der Waals surface area contributed by atoms with Gasteiger partial charge in [0.15, 0.2) is 0 Å². The third-order valence-corrected chi connectivity index (χ3v) is 8.92. The highest BCUT2D eigenvalue weighted by Gasteiger charge is 2.29. The maximum absolute atomic E-state index is 14.0. The molecule has 0 spiro atoms. The first-order chi connectivity index (χ1) is 22.3. The number of hydrogen-bond donors (Lipinski definition) is 1. The number of carbonyl (C=O) groups is 1. The molecule has 0 bridgehead atoms. The molecule has 1 fully saturated rings. The van der Waals surface area contributed by atoms with E-state index in [-0.39, 0.29) is 12.0 Å². The van der Waals surface area contributed by atoms with Crippen LogP contribution in [0.4, 0.5) is 11.5 Å². The van der Waals surface area contributed by atoms with E-state index in [9.17, 15) is 4.79 Å². The Morgan fingerprint density at radius 2 is 1.96 bits per heavy atom. The first-order valence-corrected chi connectivity index (χ1v) is 15.6. The molecule has 4 heterocycles. The Morgan fingerprint density at radius 3 is 2.65 bits per heavy atom. The Hall–Kier alpha value is -4.96. The number of aryl methyl sites for hydroxylation is 2. The third-order valence-electron chi connectivity index (χ3n) is 8.92. The molecule has 1 unspecified atom stereocenters. The van der Waals surface area contributed by atoms with Gasteiger partial charge >= 0.3 is 0 Å². The van der Waals surface area contributed by atoms with Crippen molar-refractivity contribution in [2.45, 2.75) is 58.4 Å². The van der Waals surface area contributed by atoms with Gasteiger partial charge in [0, 0.05) is 60.2 Å². The maximum atomic E-state index is 14.0. The number of carbonyl (C=O) groups excluding carboxylic acids is 1. The van der Waals surface area contributed by atoms with E-state index in [1.807, 2.05) is 50.5 Å². The second-order valence-electron chi connectivity index (χ2n) is 12.1. The van der Waals surface area contributed by atoms with Crippen LogP contribution in [-0.2, 0) is 31.5 Å². The van der Waals surface area contributed by atoms with Gasteiger partial charge in [-0.05, 0) is 68.1 Å². The van der Waals surface area contributed by atoms with Crippen molar-refractivity contribution < 1.29 is 19.0 Å². The van der Waals surface area contributed by atoms with Gasteiger partial charge in [-0.3, -0.25) is 14.5 Å². The molecular formula is C36H38N6O4. The predicted octanol–water partition coefficient (Wildman–Crippen LogP) is 6.62. The maximum Gasteiger partial charge on any atom is 0.260 e. The van der Waals surface area contributed by atoms with E-state index < -0.39 is 0 Å². The molecule has 236 valence electrons. The van der Waals surface area contributed by atoms with E-state index in [0.717, 1.165) is 67.5 Å².